The highest BCUT2D eigenvalue weighted by Gasteiger charge is 2.16. The van der Waals surface area contributed by atoms with Gasteiger partial charge in [-0.15, -0.1) is 0 Å². The van der Waals surface area contributed by atoms with Crippen molar-refractivity contribution < 1.29 is 22.5 Å². The van der Waals surface area contributed by atoms with E-state index in [1.165, 1.54) is 18.4 Å². The van der Waals surface area contributed by atoms with Gasteiger partial charge >= 0.3 is 5.97 Å². The van der Waals surface area contributed by atoms with Crippen molar-refractivity contribution in [3.63, 3.8) is 0 Å². The van der Waals surface area contributed by atoms with Gasteiger partial charge in [-0.1, -0.05) is 12.1 Å². The molecule has 0 heterocycles. The van der Waals surface area contributed by atoms with E-state index >= 15 is 0 Å². The normalized spacial score (nSPS) is 13.4. The molecule has 0 saturated carbocycles. The number of hydrogen-bond donors (Lipinski definition) is 2. The minimum atomic E-state index is -3.71. The van der Waals surface area contributed by atoms with E-state index in [4.69, 9.17) is 5.11 Å². The smallest absolute Gasteiger partial charge is 0.328 e. The molecule has 0 aromatic heterocycles. The highest BCUT2D eigenvalue weighted by Crippen LogP contribution is 2.17. The maximum absolute atomic E-state index is 12.2. The molecule has 0 amide bonds. The van der Waals surface area contributed by atoms with E-state index in [-0.39, 0.29) is 17.2 Å². The fraction of sp³-hybridized carbons (Fsp3) is 0.308. The van der Waals surface area contributed by atoms with Gasteiger partial charge in [-0.25, -0.2) is 17.9 Å². The molecule has 21 heavy (non-hydrogen) atoms. The SMILES string of the molecule is Cc1ccc(/C=C/C(=O)O)cc1S(=O)(=O)NCCS(C)=O. The molecule has 0 fully saturated rings. The molecule has 0 bridgehead atoms. The van der Waals surface area contributed by atoms with Crippen LogP contribution in [0.2, 0.25) is 0 Å². The number of aryl methyl sites for hydroxylation is 1. The Balaban J connectivity index is 3.02. The minimum Gasteiger partial charge on any atom is -0.478 e. The van der Waals surface area contributed by atoms with Crippen molar-refractivity contribution in [3.05, 3.63) is 35.4 Å². The molecule has 1 aromatic carbocycles. The minimum absolute atomic E-state index is 0.0805. The molecule has 1 atom stereocenters. The summed E-state index contributed by atoms with van der Waals surface area (Å²) in [5.74, 6) is -0.875. The summed E-state index contributed by atoms with van der Waals surface area (Å²) in [6, 6.07) is 4.64. The number of carboxylic acids is 1. The Morgan fingerprint density at radius 2 is 2.10 bits per heavy atom. The van der Waals surface area contributed by atoms with Crippen molar-refractivity contribution in [2.24, 2.45) is 0 Å². The molecule has 1 unspecified atom stereocenters. The molecule has 8 heteroatoms. The van der Waals surface area contributed by atoms with Gasteiger partial charge in [0.2, 0.25) is 10.0 Å². The summed E-state index contributed by atoms with van der Waals surface area (Å²) >= 11 is 0. The molecule has 2 N–H and O–H groups in total. The molecule has 0 aliphatic heterocycles. The number of sulfonamides is 1. The lowest BCUT2D eigenvalue weighted by Crippen LogP contribution is -2.28. The summed E-state index contributed by atoms with van der Waals surface area (Å²) < 4.78 is 37.7. The van der Waals surface area contributed by atoms with Gasteiger partial charge in [-0.2, -0.15) is 0 Å². The van der Waals surface area contributed by atoms with Crippen molar-refractivity contribution in [1.82, 2.24) is 4.72 Å². The molecular weight excluding hydrogens is 314 g/mol. The summed E-state index contributed by atoms with van der Waals surface area (Å²) in [4.78, 5) is 10.6. The van der Waals surface area contributed by atoms with Crippen molar-refractivity contribution in [2.75, 3.05) is 18.6 Å². The zero-order valence-electron chi connectivity index (χ0n) is 11.7. The Bertz CT molecular complexity index is 680. The molecule has 0 aliphatic carbocycles. The third kappa shape index (κ3) is 5.78. The molecule has 0 spiro atoms. The Morgan fingerprint density at radius 3 is 2.67 bits per heavy atom. The highest BCUT2D eigenvalue weighted by molar-refractivity contribution is 7.89. The Hall–Kier alpha value is -1.51. The zero-order valence-corrected chi connectivity index (χ0v) is 13.3. The van der Waals surface area contributed by atoms with Gasteiger partial charge in [0.1, 0.15) is 0 Å². The van der Waals surface area contributed by atoms with Gasteiger partial charge in [0, 0.05) is 35.4 Å². The van der Waals surface area contributed by atoms with Crippen molar-refractivity contribution in [1.29, 1.82) is 0 Å². The molecule has 0 saturated heterocycles. The molecule has 0 radical (unpaired) electrons. The topological polar surface area (TPSA) is 101 Å². The van der Waals surface area contributed by atoms with Crippen LogP contribution in [0.15, 0.2) is 29.2 Å². The number of rotatable bonds is 7. The number of carbonyl (C=O) groups is 1. The monoisotopic (exact) mass is 331 g/mol. The molecular formula is C13H17NO5S2. The van der Waals surface area contributed by atoms with E-state index in [1.54, 1.807) is 19.1 Å². The fourth-order valence-corrected chi connectivity index (χ4v) is 3.40. The van der Waals surface area contributed by atoms with E-state index in [9.17, 15) is 17.4 Å². The van der Waals surface area contributed by atoms with E-state index in [2.05, 4.69) is 4.72 Å². The Labute approximate surface area is 126 Å². The van der Waals surface area contributed by atoms with Crippen LogP contribution in [-0.4, -0.2) is 42.3 Å². The third-order valence-corrected chi connectivity index (χ3v) is 4.98. The van der Waals surface area contributed by atoms with E-state index in [1.807, 2.05) is 0 Å². The van der Waals surface area contributed by atoms with Crippen LogP contribution < -0.4 is 4.72 Å². The number of nitrogens with one attached hydrogen (secondary N) is 1. The maximum Gasteiger partial charge on any atom is 0.328 e. The van der Waals surface area contributed by atoms with E-state index in [0.29, 0.717) is 11.1 Å². The maximum atomic E-state index is 12.2. The van der Waals surface area contributed by atoms with E-state index in [0.717, 1.165) is 6.08 Å². The summed E-state index contributed by atoms with van der Waals surface area (Å²) in [7, 11) is -4.79. The van der Waals surface area contributed by atoms with Crippen LogP contribution >= 0.6 is 0 Å². The second-order valence-corrected chi connectivity index (χ2v) is 7.66. The van der Waals surface area contributed by atoms with Crippen molar-refractivity contribution in [3.8, 4) is 0 Å². The second-order valence-electron chi connectivity index (χ2n) is 4.37. The van der Waals surface area contributed by atoms with Crippen molar-refractivity contribution >= 4 is 32.9 Å². The van der Waals surface area contributed by atoms with Crippen LogP contribution in [0.4, 0.5) is 0 Å². The van der Waals surface area contributed by atoms with Gasteiger partial charge < -0.3 is 5.11 Å². The van der Waals surface area contributed by atoms with Crippen LogP contribution in [0.1, 0.15) is 11.1 Å². The predicted octanol–water partition coefficient (Wildman–Crippen LogP) is 0.750. The lowest BCUT2D eigenvalue weighted by molar-refractivity contribution is -0.131. The van der Waals surface area contributed by atoms with Crippen LogP contribution in [-0.2, 0) is 25.6 Å². The number of aliphatic carboxylic acids is 1. The van der Waals surface area contributed by atoms with Gasteiger partial charge in [-0.3, -0.25) is 4.21 Å². The third-order valence-electron chi connectivity index (χ3n) is 2.60. The van der Waals surface area contributed by atoms with Crippen LogP contribution in [0, 0.1) is 6.92 Å². The summed E-state index contributed by atoms with van der Waals surface area (Å²) in [5.41, 5.74) is 1.02. The quantitative estimate of drug-likeness (QED) is 0.718. The molecule has 116 valence electrons. The van der Waals surface area contributed by atoms with Gasteiger partial charge in [-0.05, 0) is 30.2 Å². The van der Waals surface area contributed by atoms with Gasteiger partial charge in [0.05, 0.1) is 4.90 Å². The molecule has 1 rings (SSSR count). The lowest BCUT2D eigenvalue weighted by Gasteiger charge is -2.09. The summed E-state index contributed by atoms with van der Waals surface area (Å²) in [5, 5.41) is 8.58. The first kappa shape index (κ1) is 17.5. The molecule has 0 aliphatic rings. The second kappa shape index (κ2) is 7.48. The fourth-order valence-electron chi connectivity index (χ4n) is 1.57. The first-order chi connectivity index (χ1) is 9.72. The zero-order chi connectivity index (χ0) is 16.0. The summed E-state index contributed by atoms with van der Waals surface area (Å²) in [6.45, 7) is 1.73. The van der Waals surface area contributed by atoms with Gasteiger partial charge in [0.25, 0.3) is 0 Å². The first-order valence-electron chi connectivity index (χ1n) is 6.04. The lowest BCUT2D eigenvalue weighted by atomic mass is 10.1. The highest BCUT2D eigenvalue weighted by atomic mass is 32.2. The van der Waals surface area contributed by atoms with Crippen LogP contribution in [0.3, 0.4) is 0 Å². The predicted molar refractivity (Wildman–Crippen MR) is 82.0 cm³/mol. The van der Waals surface area contributed by atoms with Crippen LogP contribution in [0.5, 0.6) is 0 Å². The summed E-state index contributed by atoms with van der Waals surface area (Å²) in [6.07, 6.45) is 3.76. The largest absolute Gasteiger partial charge is 0.478 e. The van der Waals surface area contributed by atoms with E-state index < -0.39 is 26.8 Å². The number of benzene rings is 1. The molecule has 1 aromatic rings. The van der Waals surface area contributed by atoms with Gasteiger partial charge in [0.15, 0.2) is 0 Å². The standard InChI is InChI=1S/C13H17NO5S2/c1-10-3-4-11(5-6-13(15)16)9-12(10)21(18,19)14-7-8-20(2)17/h3-6,9,14H,7-8H2,1-2H3,(H,15,16)/b6-5+. The molecule has 6 nitrogen and oxygen atoms in total. The first-order valence-corrected chi connectivity index (χ1v) is 9.25. The Morgan fingerprint density at radius 1 is 1.43 bits per heavy atom. The van der Waals surface area contributed by atoms with Crippen LogP contribution in [0.25, 0.3) is 6.08 Å². The number of hydrogen-bond acceptors (Lipinski definition) is 4. The number of carboxylic acid groups (broad SMARTS) is 1. The average Bonchev–Trinajstić information content (AvgIpc) is 2.36. The van der Waals surface area contributed by atoms with Crippen molar-refractivity contribution in [2.45, 2.75) is 11.8 Å². The average molecular weight is 331 g/mol. The Kier molecular flexibility index (Phi) is 6.25.